The van der Waals surface area contributed by atoms with Crippen LogP contribution in [0.3, 0.4) is 0 Å². The van der Waals surface area contributed by atoms with Crippen molar-refractivity contribution in [1.82, 2.24) is 5.32 Å². The van der Waals surface area contributed by atoms with Gasteiger partial charge in [0.25, 0.3) is 5.91 Å². The van der Waals surface area contributed by atoms with Crippen LogP contribution in [0.5, 0.6) is 17.2 Å². The number of carbonyl (C=O) groups is 1. The molecule has 3 rings (SSSR count). The van der Waals surface area contributed by atoms with Crippen LogP contribution in [-0.2, 0) is 12.8 Å². The molecule has 2 atom stereocenters. The monoisotopic (exact) mass is 442 g/mol. The lowest BCUT2D eigenvalue weighted by Crippen LogP contribution is -2.27. The maximum absolute atomic E-state index is 13.0. The first-order valence-corrected chi connectivity index (χ1v) is 11.1. The molecule has 1 aromatic carbocycles. The van der Waals surface area contributed by atoms with E-state index in [1.165, 1.54) is 43.1 Å². The van der Waals surface area contributed by atoms with E-state index in [2.05, 4.69) is 32.2 Å². The van der Waals surface area contributed by atoms with Gasteiger partial charge in [-0.1, -0.05) is 20.8 Å². The van der Waals surface area contributed by atoms with Crippen molar-refractivity contribution >= 4 is 17.2 Å². The summed E-state index contributed by atoms with van der Waals surface area (Å²) in [7, 11) is 4.55. The Hall–Kier alpha value is -2.72. The molecule has 6 nitrogen and oxygen atoms in total. The Balaban J connectivity index is 1.82. The van der Waals surface area contributed by atoms with Crippen LogP contribution in [0.4, 0.5) is 0 Å². The Morgan fingerprint density at radius 3 is 2.32 bits per heavy atom. The highest BCUT2D eigenvalue weighted by Gasteiger charge is 2.31. The lowest BCUT2D eigenvalue weighted by atomic mass is 9.72. The number of benzene rings is 1. The zero-order valence-electron chi connectivity index (χ0n) is 19.0. The van der Waals surface area contributed by atoms with Crippen molar-refractivity contribution in [3.8, 4) is 23.3 Å². The summed E-state index contributed by atoms with van der Waals surface area (Å²) >= 11 is 1.53. The molecule has 0 saturated carbocycles. The number of hydrogen-bond acceptors (Lipinski definition) is 6. The Morgan fingerprint density at radius 2 is 1.81 bits per heavy atom. The van der Waals surface area contributed by atoms with E-state index in [4.69, 9.17) is 14.2 Å². The molecular weight excluding hydrogens is 412 g/mol. The third-order valence-corrected chi connectivity index (χ3v) is 7.19. The van der Waals surface area contributed by atoms with Crippen molar-refractivity contribution < 1.29 is 19.0 Å². The van der Waals surface area contributed by atoms with Gasteiger partial charge < -0.3 is 19.5 Å². The van der Waals surface area contributed by atoms with Crippen molar-refractivity contribution in [3.63, 3.8) is 0 Å². The second-order valence-electron chi connectivity index (χ2n) is 8.86. The average molecular weight is 443 g/mol. The van der Waals surface area contributed by atoms with E-state index in [0.717, 1.165) is 19.3 Å². The average Bonchev–Trinajstić information content (AvgIpc) is 3.19. The summed E-state index contributed by atoms with van der Waals surface area (Å²) < 4.78 is 16.1. The second kappa shape index (κ2) is 9.19. The smallest absolute Gasteiger partial charge is 0.262 e. The van der Waals surface area contributed by atoms with Crippen LogP contribution in [0.1, 0.15) is 58.9 Å². The zero-order chi connectivity index (χ0) is 22.8. The standard InChI is InChI=1S/C24H30N2O4S/c1-24(2,3)16-7-8-20-15(9-16)12-21(31-20)23(27)26-17(13-25)14-10-18(28-4)22(30-6)19(11-14)29-5/h10-12,16-17H,7-9H2,1-6H3,(H,26,27)/t16-,17-/m0/s1. The molecule has 0 bridgehead atoms. The largest absolute Gasteiger partial charge is 0.493 e. The van der Waals surface area contributed by atoms with E-state index >= 15 is 0 Å². The SMILES string of the molecule is COc1cc([C@H](C#N)NC(=O)c2cc3c(s2)CC[C@H](C(C)(C)C)C3)cc(OC)c1OC. The Labute approximate surface area is 188 Å². The van der Waals surface area contributed by atoms with Crippen LogP contribution in [0, 0.1) is 22.7 Å². The molecule has 0 unspecified atom stereocenters. The number of rotatable bonds is 6. The van der Waals surface area contributed by atoms with Gasteiger partial charge in [0.1, 0.15) is 6.04 Å². The molecule has 166 valence electrons. The molecule has 0 spiro atoms. The Bertz CT molecular complexity index is 975. The molecule has 31 heavy (non-hydrogen) atoms. The highest BCUT2D eigenvalue weighted by atomic mass is 32.1. The number of methoxy groups -OCH3 is 3. The fourth-order valence-corrected chi connectivity index (χ4v) is 5.15. The second-order valence-corrected chi connectivity index (χ2v) is 10.00. The molecule has 2 aromatic rings. The van der Waals surface area contributed by atoms with E-state index in [-0.39, 0.29) is 11.3 Å². The maximum Gasteiger partial charge on any atom is 0.262 e. The number of hydrogen-bond donors (Lipinski definition) is 1. The van der Waals surface area contributed by atoms with E-state index in [1.807, 2.05) is 6.07 Å². The lowest BCUT2D eigenvalue weighted by Gasteiger charge is -2.33. The predicted molar refractivity (Wildman–Crippen MR) is 121 cm³/mol. The molecule has 7 heteroatoms. The lowest BCUT2D eigenvalue weighted by molar-refractivity contribution is 0.0949. The van der Waals surface area contributed by atoms with E-state index in [9.17, 15) is 10.1 Å². The minimum atomic E-state index is -0.845. The third kappa shape index (κ3) is 4.80. The van der Waals surface area contributed by atoms with Crippen LogP contribution >= 0.6 is 11.3 Å². The van der Waals surface area contributed by atoms with E-state index in [1.54, 1.807) is 12.1 Å². The van der Waals surface area contributed by atoms with Crippen LogP contribution in [0.25, 0.3) is 0 Å². The summed E-state index contributed by atoms with van der Waals surface area (Å²) in [4.78, 5) is 14.9. The van der Waals surface area contributed by atoms with Gasteiger partial charge in [0.2, 0.25) is 5.75 Å². The van der Waals surface area contributed by atoms with Gasteiger partial charge in [0.05, 0.1) is 32.3 Å². The number of carbonyl (C=O) groups excluding carboxylic acids is 1. The predicted octanol–water partition coefficient (Wildman–Crippen LogP) is 4.92. The van der Waals surface area contributed by atoms with Crippen LogP contribution in [0.15, 0.2) is 18.2 Å². The molecule has 0 aliphatic heterocycles. The first-order valence-electron chi connectivity index (χ1n) is 10.3. The van der Waals surface area contributed by atoms with Crippen molar-refractivity contribution in [2.24, 2.45) is 11.3 Å². The number of nitriles is 1. The summed E-state index contributed by atoms with van der Waals surface area (Å²) in [5, 5.41) is 12.6. The van der Waals surface area contributed by atoms with E-state index in [0.29, 0.717) is 33.6 Å². The van der Waals surface area contributed by atoms with Crippen LogP contribution in [-0.4, -0.2) is 27.2 Å². The van der Waals surface area contributed by atoms with Crippen LogP contribution < -0.4 is 19.5 Å². The highest BCUT2D eigenvalue weighted by Crippen LogP contribution is 2.41. The summed E-state index contributed by atoms with van der Waals surface area (Å²) in [5.41, 5.74) is 2.09. The summed E-state index contributed by atoms with van der Waals surface area (Å²) in [5.74, 6) is 1.68. The molecule has 0 radical (unpaired) electrons. The summed E-state index contributed by atoms with van der Waals surface area (Å²) in [6, 6.07) is 6.69. The van der Waals surface area contributed by atoms with Gasteiger partial charge in [0, 0.05) is 4.88 Å². The third-order valence-electron chi connectivity index (χ3n) is 5.96. The van der Waals surface area contributed by atoms with Crippen molar-refractivity contribution in [2.75, 3.05) is 21.3 Å². The Kier molecular flexibility index (Phi) is 6.80. The normalized spacial score (nSPS) is 16.6. The fraction of sp³-hybridized carbons (Fsp3) is 0.500. The summed E-state index contributed by atoms with van der Waals surface area (Å²) in [6.07, 6.45) is 3.14. The van der Waals surface area contributed by atoms with Gasteiger partial charge in [-0.25, -0.2) is 0 Å². The van der Waals surface area contributed by atoms with Gasteiger partial charge in [0.15, 0.2) is 11.5 Å². The zero-order valence-corrected chi connectivity index (χ0v) is 19.8. The molecule has 1 N–H and O–H groups in total. The first kappa shape index (κ1) is 23.0. The number of nitrogens with one attached hydrogen (secondary N) is 1. The van der Waals surface area contributed by atoms with Crippen LogP contribution in [0.2, 0.25) is 0 Å². The summed E-state index contributed by atoms with van der Waals surface area (Å²) in [6.45, 7) is 6.83. The molecular formula is C24H30N2O4S. The molecule has 0 saturated heterocycles. The number of aryl methyl sites for hydroxylation is 1. The number of ether oxygens (including phenoxy) is 3. The molecule has 1 heterocycles. The van der Waals surface area contributed by atoms with Gasteiger partial charge >= 0.3 is 0 Å². The first-order chi connectivity index (χ1) is 14.7. The molecule has 1 aromatic heterocycles. The van der Waals surface area contributed by atoms with Crippen molar-refractivity contribution in [1.29, 1.82) is 5.26 Å². The van der Waals surface area contributed by atoms with Gasteiger partial charge in [-0.15, -0.1) is 11.3 Å². The number of amides is 1. The molecule has 0 fully saturated rings. The number of nitrogens with zero attached hydrogens (tertiary/aromatic N) is 1. The number of fused-ring (bicyclic) bond motifs is 1. The molecule has 1 aliphatic carbocycles. The topological polar surface area (TPSA) is 80.6 Å². The minimum Gasteiger partial charge on any atom is -0.493 e. The van der Waals surface area contributed by atoms with Crippen molar-refractivity contribution in [3.05, 3.63) is 39.1 Å². The highest BCUT2D eigenvalue weighted by molar-refractivity contribution is 7.14. The van der Waals surface area contributed by atoms with Gasteiger partial charge in [-0.3, -0.25) is 4.79 Å². The number of thiophene rings is 1. The fourth-order valence-electron chi connectivity index (χ4n) is 4.04. The molecule has 1 aliphatic rings. The molecule has 1 amide bonds. The van der Waals surface area contributed by atoms with Crippen molar-refractivity contribution in [2.45, 2.75) is 46.1 Å². The minimum absolute atomic E-state index is 0.244. The quantitative estimate of drug-likeness (QED) is 0.687. The van der Waals surface area contributed by atoms with E-state index < -0.39 is 6.04 Å². The Morgan fingerprint density at radius 1 is 1.16 bits per heavy atom. The van der Waals surface area contributed by atoms with Gasteiger partial charge in [-0.05, 0) is 59.9 Å². The maximum atomic E-state index is 13.0. The van der Waals surface area contributed by atoms with Gasteiger partial charge in [-0.2, -0.15) is 5.26 Å².